The van der Waals surface area contributed by atoms with Crippen molar-refractivity contribution in [2.75, 3.05) is 13.2 Å². The molecule has 0 radical (unpaired) electrons. The maximum absolute atomic E-state index is 13.2. The van der Waals surface area contributed by atoms with Gasteiger partial charge in [0, 0.05) is 5.56 Å². The Balaban J connectivity index is 1.89. The summed E-state index contributed by atoms with van der Waals surface area (Å²) in [5, 5.41) is 9.09. The maximum atomic E-state index is 13.2. The number of aliphatic carboxylic acids is 1. The number of benzene rings is 1. The number of ether oxygens (including phenoxy) is 1. The SMILES string of the molecule is Cc1ccc(C)c(C2CN(C(=O)c3c(C)coc3CC(=O)O)C(C)CO2)c1. The Kier molecular flexibility index (Phi) is 5.37. The van der Waals surface area contributed by atoms with Crippen LogP contribution < -0.4 is 0 Å². The third-order valence-corrected chi connectivity index (χ3v) is 5.05. The van der Waals surface area contributed by atoms with Gasteiger partial charge in [0.2, 0.25) is 0 Å². The standard InChI is InChI=1S/C21H25NO5/c1-12-5-6-13(2)16(7-12)18-9-22(15(4)11-27-18)21(25)20-14(3)10-26-17(20)8-19(23)24/h5-7,10,15,18H,8-9,11H2,1-4H3,(H,23,24). The zero-order chi connectivity index (χ0) is 19.7. The van der Waals surface area contributed by atoms with Crippen LogP contribution in [0.4, 0.5) is 0 Å². The molecule has 0 saturated carbocycles. The number of morpholine rings is 1. The number of hydrogen-bond donors (Lipinski definition) is 1. The highest BCUT2D eigenvalue weighted by Crippen LogP contribution is 2.30. The summed E-state index contributed by atoms with van der Waals surface area (Å²) in [7, 11) is 0. The van der Waals surface area contributed by atoms with E-state index in [-0.39, 0.29) is 30.2 Å². The Labute approximate surface area is 158 Å². The van der Waals surface area contributed by atoms with Crippen molar-refractivity contribution in [1.82, 2.24) is 4.90 Å². The van der Waals surface area contributed by atoms with Crippen molar-refractivity contribution in [3.8, 4) is 0 Å². The minimum atomic E-state index is -1.03. The normalized spacial score (nSPS) is 19.9. The molecule has 0 aliphatic carbocycles. The van der Waals surface area contributed by atoms with Gasteiger partial charge in [-0.2, -0.15) is 0 Å². The molecule has 1 fully saturated rings. The monoisotopic (exact) mass is 371 g/mol. The van der Waals surface area contributed by atoms with E-state index in [9.17, 15) is 9.59 Å². The molecular formula is C21H25NO5. The van der Waals surface area contributed by atoms with E-state index < -0.39 is 5.97 Å². The third-order valence-electron chi connectivity index (χ3n) is 5.05. The van der Waals surface area contributed by atoms with Crippen molar-refractivity contribution in [2.24, 2.45) is 0 Å². The molecule has 144 valence electrons. The molecule has 0 bridgehead atoms. The summed E-state index contributed by atoms with van der Waals surface area (Å²) in [5.41, 5.74) is 4.35. The van der Waals surface area contributed by atoms with Crippen LogP contribution in [0.15, 0.2) is 28.9 Å². The van der Waals surface area contributed by atoms with Gasteiger partial charge >= 0.3 is 5.97 Å². The molecular weight excluding hydrogens is 346 g/mol. The van der Waals surface area contributed by atoms with E-state index in [0.29, 0.717) is 24.3 Å². The predicted molar refractivity (Wildman–Crippen MR) is 99.9 cm³/mol. The molecule has 3 rings (SSSR count). The van der Waals surface area contributed by atoms with Crippen LogP contribution in [0.1, 0.15) is 51.4 Å². The minimum Gasteiger partial charge on any atom is -0.481 e. The Hall–Kier alpha value is -2.60. The van der Waals surface area contributed by atoms with Gasteiger partial charge in [0.25, 0.3) is 5.91 Å². The third kappa shape index (κ3) is 3.90. The molecule has 2 heterocycles. The second-order valence-corrected chi connectivity index (χ2v) is 7.28. The van der Waals surface area contributed by atoms with E-state index in [1.54, 1.807) is 11.8 Å². The summed E-state index contributed by atoms with van der Waals surface area (Å²) >= 11 is 0. The quantitative estimate of drug-likeness (QED) is 0.891. The Bertz CT molecular complexity index is 869. The summed E-state index contributed by atoms with van der Waals surface area (Å²) in [6.45, 7) is 8.60. The van der Waals surface area contributed by atoms with Gasteiger partial charge in [-0.3, -0.25) is 9.59 Å². The molecule has 0 spiro atoms. The number of rotatable bonds is 4. The van der Waals surface area contributed by atoms with Crippen LogP contribution in [0.25, 0.3) is 0 Å². The van der Waals surface area contributed by atoms with Gasteiger partial charge in [-0.15, -0.1) is 0 Å². The maximum Gasteiger partial charge on any atom is 0.311 e. The van der Waals surface area contributed by atoms with Gasteiger partial charge in [-0.05, 0) is 38.8 Å². The van der Waals surface area contributed by atoms with E-state index in [1.807, 2.05) is 20.8 Å². The topological polar surface area (TPSA) is 80.0 Å². The second-order valence-electron chi connectivity index (χ2n) is 7.28. The van der Waals surface area contributed by atoms with Crippen molar-refractivity contribution < 1.29 is 23.8 Å². The number of carboxylic acids is 1. The Morgan fingerprint density at radius 2 is 1.96 bits per heavy atom. The van der Waals surface area contributed by atoms with E-state index >= 15 is 0 Å². The highest BCUT2D eigenvalue weighted by atomic mass is 16.5. The molecule has 27 heavy (non-hydrogen) atoms. The number of furan rings is 1. The van der Waals surface area contributed by atoms with E-state index in [4.69, 9.17) is 14.3 Å². The van der Waals surface area contributed by atoms with Gasteiger partial charge in [-0.25, -0.2) is 0 Å². The van der Waals surface area contributed by atoms with Crippen molar-refractivity contribution >= 4 is 11.9 Å². The molecule has 1 aliphatic rings. The lowest BCUT2D eigenvalue weighted by molar-refractivity contribution is -0.136. The van der Waals surface area contributed by atoms with Gasteiger partial charge in [0.15, 0.2) is 0 Å². The number of nitrogens with zero attached hydrogens (tertiary/aromatic N) is 1. The molecule has 1 amide bonds. The van der Waals surface area contributed by atoms with Crippen LogP contribution in [-0.2, 0) is 16.0 Å². The number of hydrogen-bond acceptors (Lipinski definition) is 4. The summed E-state index contributed by atoms with van der Waals surface area (Å²) in [6.07, 6.45) is 0.924. The molecule has 1 aromatic heterocycles. The number of carbonyl (C=O) groups is 2. The van der Waals surface area contributed by atoms with Crippen LogP contribution in [0, 0.1) is 20.8 Å². The number of aryl methyl sites for hydroxylation is 3. The zero-order valence-electron chi connectivity index (χ0n) is 16.1. The average Bonchev–Trinajstić information content (AvgIpc) is 2.96. The zero-order valence-corrected chi connectivity index (χ0v) is 16.1. The molecule has 1 aliphatic heterocycles. The lowest BCUT2D eigenvalue weighted by Crippen LogP contribution is -2.48. The fourth-order valence-electron chi connectivity index (χ4n) is 3.53. The minimum absolute atomic E-state index is 0.106. The Morgan fingerprint density at radius 1 is 1.22 bits per heavy atom. The summed E-state index contributed by atoms with van der Waals surface area (Å²) < 4.78 is 11.4. The van der Waals surface area contributed by atoms with Crippen molar-refractivity contribution in [1.29, 1.82) is 0 Å². The molecule has 2 aromatic rings. The van der Waals surface area contributed by atoms with Crippen LogP contribution in [0.5, 0.6) is 0 Å². The van der Waals surface area contributed by atoms with Gasteiger partial charge in [0.05, 0.1) is 31.0 Å². The summed E-state index contributed by atoms with van der Waals surface area (Å²) in [4.78, 5) is 26.1. The first-order valence-electron chi connectivity index (χ1n) is 9.06. The average molecular weight is 371 g/mol. The molecule has 1 aromatic carbocycles. The van der Waals surface area contributed by atoms with Crippen molar-refractivity contribution in [3.05, 3.63) is 58.0 Å². The summed E-state index contributed by atoms with van der Waals surface area (Å²) in [6, 6.07) is 6.10. The van der Waals surface area contributed by atoms with E-state index in [1.165, 1.54) is 6.26 Å². The first kappa shape index (κ1) is 19.2. The number of carbonyl (C=O) groups excluding carboxylic acids is 1. The molecule has 2 atom stereocenters. The lowest BCUT2D eigenvalue weighted by atomic mass is 9.98. The highest BCUT2D eigenvalue weighted by molar-refractivity contribution is 5.97. The fraction of sp³-hybridized carbons (Fsp3) is 0.429. The van der Waals surface area contributed by atoms with Gasteiger partial charge in [0.1, 0.15) is 18.3 Å². The van der Waals surface area contributed by atoms with Gasteiger partial charge < -0.3 is 19.2 Å². The number of amides is 1. The second kappa shape index (κ2) is 7.56. The molecule has 2 unspecified atom stereocenters. The smallest absolute Gasteiger partial charge is 0.311 e. The lowest BCUT2D eigenvalue weighted by Gasteiger charge is -2.38. The molecule has 1 saturated heterocycles. The van der Waals surface area contributed by atoms with Crippen molar-refractivity contribution in [3.63, 3.8) is 0 Å². The molecule has 6 heteroatoms. The number of carboxylic acid groups (broad SMARTS) is 1. The largest absolute Gasteiger partial charge is 0.481 e. The van der Waals surface area contributed by atoms with Crippen LogP contribution in [-0.4, -0.2) is 41.1 Å². The van der Waals surface area contributed by atoms with E-state index in [2.05, 4.69) is 18.2 Å². The van der Waals surface area contributed by atoms with Crippen LogP contribution >= 0.6 is 0 Å². The Morgan fingerprint density at radius 3 is 2.67 bits per heavy atom. The first-order chi connectivity index (χ1) is 12.8. The van der Waals surface area contributed by atoms with E-state index in [0.717, 1.165) is 16.7 Å². The van der Waals surface area contributed by atoms with Crippen molar-refractivity contribution in [2.45, 2.75) is 46.3 Å². The van der Waals surface area contributed by atoms with Crippen LogP contribution in [0.2, 0.25) is 0 Å². The van der Waals surface area contributed by atoms with Crippen LogP contribution in [0.3, 0.4) is 0 Å². The molecule has 6 nitrogen and oxygen atoms in total. The highest BCUT2D eigenvalue weighted by Gasteiger charge is 2.34. The molecule has 1 N–H and O–H groups in total. The fourth-order valence-corrected chi connectivity index (χ4v) is 3.53. The predicted octanol–water partition coefficient (Wildman–Crippen LogP) is 3.43. The van der Waals surface area contributed by atoms with Gasteiger partial charge in [-0.1, -0.05) is 23.8 Å². The first-order valence-corrected chi connectivity index (χ1v) is 9.06. The summed E-state index contributed by atoms with van der Waals surface area (Å²) in [5.74, 6) is -1.03.